The van der Waals surface area contributed by atoms with E-state index in [4.69, 9.17) is 40.0 Å². The summed E-state index contributed by atoms with van der Waals surface area (Å²) in [4.78, 5) is 30.1. The highest BCUT2D eigenvalue weighted by molar-refractivity contribution is 6.30. The summed E-state index contributed by atoms with van der Waals surface area (Å²) in [6.45, 7) is 14.0. The number of aliphatic hydroxyl groups excluding tert-OH is 2. The Bertz CT molecular complexity index is 1790. The summed E-state index contributed by atoms with van der Waals surface area (Å²) in [5.41, 5.74) is -1.38. The van der Waals surface area contributed by atoms with Gasteiger partial charge in [0.05, 0.1) is 49.6 Å². The van der Waals surface area contributed by atoms with Gasteiger partial charge in [0.15, 0.2) is 6.29 Å². The second kappa shape index (κ2) is 21.7. The van der Waals surface area contributed by atoms with Crippen molar-refractivity contribution >= 4 is 35.5 Å². The zero-order chi connectivity index (χ0) is 45.4. The van der Waals surface area contributed by atoms with Crippen LogP contribution < -0.4 is 4.74 Å². The highest BCUT2D eigenvalue weighted by Gasteiger charge is 2.52. The average Bonchev–Trinajstić information content (AvgIpc) is 3.22. The number of cyclic esters (lactones) is 1. The number of likely N-dealkylation sites (N-methyl/N-ethyl adjacent to an activating group) is 1. The average molecular weight is 875 g/mol. The number of hydrogen-bond donors (Lipinski definition) is 3. The molecule has 0 aliphatic carbocycles. The Morgan fingerprint density at radius 1 is 1.00 bits per heavy atom. The normalized spacial score (nSPS) is 36.4. The molecule has 4 rings (SSSR count). The number of aliphatic hydroxyl groups is 3. The van der Waals surface area contributed by atoms with Crippen LogP contribution in [-0.2, 0) is 39.7 Å². The Hall–Kier alpha value is -3.47. The first kappa shape index (κ1) is 50.2. The Balaban J connectivity index is 1.89. The molecule has 2 saturated heterocycles. The summed E-state index contributed by atoms with van der Waals surface area (Å²) < 4.78 is 37.2. The van der Waals surface area contributed by atoms with E-state index >= 15 is 0 Å². The molecule has 0 saturated carbocycles. The van der Waals surface area contributed by atoms with Crippen molar-refractivity contribution in [1.82, 2.24) is 4.90 Å². The van der Waals surface area contributed by atoms with Crippen LogP contribution in [0.4, 0.5) is 0 Å². The molecule has 14 atom stereocenters. The van der Waals surface area contributed by atoms with Crippen LogP contribution in [0, 0.1) is 23.7 Å². The third-order valence-electron chi connectivity index (χ3n) is 12.5. The Kier molecular flexibility index (Phi) is 17.9. The van der Waals surface area contributed by atoms with Crippen LogP contribution >= 0.6 is 11.6 Å². The SMILES string of the molecule is CCC1OC(=O)C(C)C(OC(=O)Cc2ccc(Cl)cc2)C(C)C(OC2OC(C)CC(N(C)C)C2O)C(C)(OC)CC(C)C(=NN=Cc2ccc(OC)cc2)C(C)C(O)C1(C)O. The van der Waals surface area contributed by atoms with Gasteiger partial charge in [0.25, 0.3) is 0 Å². The van der Waals surface area contributed by atoms with E-state index in [0.717, 1.165) is 5.56 Å². The number of nitrogens with zero attached hydrogens (tertiary/aromatic N) is 3. The molecule has 2 aromatic rings. The van der Waals surface area contributed by atoms with E-state index in [9.17, 15) is 24.9 Å². The fourth-order valence-electron chi connectivity index (χ4n) is 8.80. The van der Waals surface area contributed by atoms with Crippen molar-refractivity contribution in [1.29, 1.82) is 0 Å². The number of rotatable bonds is 11. The second-order valence-corrected chi connectivity index (χ2v) is 17.9. The first-order valence-electron chi connectivity index (χ1n) is 21.2. The topological polar surface area (TPSA) is 178 Å². The molecule has 2 heterocycles. The third-order valence-corrected chi connectivity index (χ3v) is 12.8. The largest absolute Gasteiger partial charge is 0.497 e. The van der Waals surface area contributed by atoms with Crippen LogP contribution in [0.1, 0.15) is 85.8 Å². The van der Waals surface area contributed by atoms with E-state index in [1.807, 2.05) is 51.9 Å². The van der Waals surface area contributed by atoms with Crippen LogP contribution in [0.5, 0.6) is 5.75 Å². The minimum absolute atomic E-state index is 0.119. The highest BCUT2D eigenvalue weighted by Crippen LogP contribution is 2.40. The molecule has 2 fully saturated rings. The molecule has 61 heavy (non-hydrogen) atoms. The molecule has 2 aromatic carbocycles. The van der Waals surface area contributed by atoms with Crippen molar-refractivity contribution in [3.8, 4) is 5.75 Å². The third kappa shape index (κ3) is 12.4. The zero-order valence-corrected chi connectivity index (χ0v) is 38.5. The van der Waals surface area contributed by atoms with Crippen LogP contribution in [0.2, 0.25) is 5.02 Å². The maximum absolute atomic E-state index is 14.3. The zero-order valence-electron chi connectivity index (χ0n) is 37.8. The smallest absolute Gasteiger partial charge is 0.312 e. The van der Waals surface area contributed by atoms with Gasteiger partial charge in [-0.3, -0.25) is 9.59 Å². The predicted octanol–water partition coefficient (Wildman–Crippen LogP) is 5.88. The predicted molar refractivity (Wildman–Crippen MR) is 234 cm³/mol. The van der Waals surface area contributed by atoms with Gasteiger partial charge in [0.1, 0.15) is 29.7 Å². The molecule has 15 heteroatoms. The molecule has 2 aliphatic heterocycles. The Labute approximate surface area is 366 Å². The van der Waals surface area contributed by atoms with Gasteiger partial charge < -0.3 is 48.6 Å². The molecule has 14 nitrogen and oxygen atoms in total. The summed E-state index contributed by atoms with van der Waals surface area (Å²) >= 11 is 6.11. The van der Waals surface area contributed by atoms with Gasteiger partial charge >= 0.3 is 11.9 Å². The number of benzene rings is 2. The molecule has 340 valence electrons. The number of carbonyl (C=O) groups is 2. The van der Waals surface area contributed by atoms with Crippen molar-refractivity contribution in [2.24, 2.45) is 33.9 Å². The fourth-order valence-corrected chi connectivity index (χ4v) is 8.92. The van der Waals surface area contributed by atoms with E-state index in [2.05, 4.69) is 10.2 Å². The Morgan fingerprint density at radius 2 is 1.64 bits per heavy atom. The molecule has 14 unspecified atom stereocenters. The number of ether oxygens (including phenoxy) is 6. The van der Waals surface area contributed by atoms with Crippen LogP contribution in [0.25, 0.3) is 0 Å². The van der Waals surface area contributed by atoms with E-state index in [1.165, 1.54) is 14.0 Å². The van der Waals surface area contributed by atoms with Gasteiger partial charge in [-0.25, -0.2) is 0 Å². The van der Waals surface area contributed by atoms with Crippen molar-refractivity contribution < 1.29 is 53.3 Å². The van der Waals surface area contributed by atoms with Gasteiger partial charge in [-0.15, -0.1) is 0 Å². The molecule has 0 radical (unpaired) electrons. The number of carbonyl (C=O) groups excluding carboxylic acids is 2. The van der Waals surface area contributed by atoms with Gasteiger partial charge in [-0.1, -0.05) is 51.4 Å². The standard InChI is InChI=1S/C46H68ClN3O11/c1-13-36-46(8,55)41(53)28(4)38(49-48-25-32-16-20-34(56-11)21-17-32)26(2)24-45(7,57-12)42(61-44-39(52)35(50(9)10)22-27(3)58-44)29(5)40(30(6)43(54)59-36)60-37(51)23-31-14-18-33(47)19-15-31/h14-21,25-30,35-36,39-42,44,52-53,55H,13,22-24H2,1-12H3. The lowest BCUT2D eigenvalue weighted by atomic mass is 9.73. The monoisotopic (exact) mass is 873 g/mol. The maximum Gasteiger partial charge on any atom is 0.312 e. The van der Waals surface area contributed by atoms with Crippen LogP contribution in [0.3, 0.4) is 0 Å². The van der Waals surface area contributed by atoms with Crippen molar-refractivity contribution in [2.45, 2.75) is 141 Å². The summed E-state index contributed by atoms with van der Waals surface area (Å²) in [7, 11) is 6.88. The molecule has 0 spiro atoms. The quantitative estimate of drug-likeness (QED) is 0.139. The lowest BCUT2D eigenvalue weighted by Crippen LogP contribution is -2.60. The van der Waals surface area contributed by atoms with Gasteiger partial charge in [-0.05, 0) is 114 Å². The van der Waals surface area contributed by atoms with Crippen LogP contribution in [0.15, 0.2) is 58.7 Å². The molecule has 0 bridgehead atoms. The van der Waals surface area contributed by atoms with Crippen molar-refractivity contribution in [3.63, 3.8) is 0 Å². The summed E-state index contributed by atoms with van der Waals surface area (Å²) in [6, 6.07) is 13.8. The second-order valence-electron chi connectivity index (χ2n) is 17.5. The van der Waals surface area contributed by atoms with Crippen LogP contribution in [-0.4, -0.2) is 133 Å². The Morgan fingerprint density at radius 3 is 2.21 bits per heavy atom. The number of halogens is 1. The van der Waals surface area contributed by atoms with Gasteiger partial charge in [0.2, 0.25) is 0 Å². The number of esters is 2. The summed E-state index contributed by atoms with van der Waals surface area (Å²) in [6.07, 6.45) is -4.97. The molecule has 3 N–H and O–H groups in total. The first-order chi connectivity index (χ1) is 28.7. The van der Waals surface area contributed by atoms with E-state index in [1.54, 1.807) is 77.4 Å². The number of hydrogen-bond acceptors (Lipinski definition) is 14. The summed E-state index contributed by atoms with van der Waals surface area (Å²) in [5, 5.41) is 45.4. The van der Waals surface area contributed by atoms with E-state index in [0.29, 0.717) is 28.5 Å². The van der Waals surface area contributed by atoms with E-state index in [-0.39, 0.29) is 31.4 Å². The van der Waals surface area contributed by atoms with Gasteiger partial charge in [0, 0.05) is 35.7 Å². The lowest BCUT2D eigenvalue weighted by molar-refractivity contribution is -0.301. The lowest BCUT2D eigenvalue weighted by Gasteiger charge is -2.48. The minimum Gasteiger partial charge on any atom is -0.497 e. The van der Waals surface area contributed by atoms with Crippen molar-refractivity contribution in [3.05, 3.63) is 64.7 Å². The molecule has 0 amide bonds. The number of methoxy groups -OCH3 is 2. The minimum atomic E-state index is -1.95. The molecular weight excluding hydrogens is 806 g/mol. The molecular formula is C46H68ClN3O11. The molecule has 0 aromatic heterocycles. The highest BCUT2D eigenvalue weighted by atomic mass is 35.5. The van der Waals surface area contributed by atoms with Gasteiger partial charge in [-0.2, -0.15) is 10.2 Å². The maximum atomic E-state index is 14.3. The fraction of sp³-hybridized carbons (Fsp3) is 0.652. The van der Waals surface area contributed by atoms with E-state index < -0.39 is 83.6 Å². The first-order valence-corrected chi connectivity index (χ1v) is 21.5. The molecule has 2 aliphatic rings. The summed E-state index contributed by atoms with van der Waals surface area (Å²) in [5.74, 6) is -3.91. The van der Waals surface area contributed by atoms with Crippen molar-refractivity contribution in [2.75, 3.05) is 28.3 Å².